The molecule has 0 aromatic heterocycles. The van der Waals surface area contributed by atoms with Crippen LogP contribution in [0.4, 0.5) is 10.1 Å². The van der Waals surface area contributed by atoms with Crippen LogP contribution in [0.3, 0.4) is 0 Å². The van der Waals surface area contributed by atoms with Crippen LogP contribution in [0.2, 0.25) is 5.02 Å². The van der Waals surface area contributed by atoms with E-state index in [4.69, 9.17) is 11.6 Å². The molecule has 0 atom stereocenters. The van der Waals surface area contributed by atoms with Crippen LogP contribution in [0.15, 0.2) is 47.4 Å². The second-order valence-electron chi connectivity index (χ2n) is 3.83. The largest absolute Gasteiger partial charge is 0.381 e. The van der Waals surface area contributed by atoms with E-state index in [2.05, 4.69) is 17.4 Å². The van der Waals surface area contributed by atoms with Gasteiger partial charge in [0.05, 0.1) is 5.02 Å². The fraction of sp³-hybridized carbons (Fsp3) is 0.143. The molecule has 4 heteroatoms. The summed E-state index contributed by atoms with van der Waals surface area (Å²) in [5.41, 5.74) is 1.89. The summed E-state index contributed by atoms with van der Waals surface area (Å²) in [6.45, 7) is 0.575. The highest BCUT2D eigenvalue weighted by Crippen LogP contribution is 2.20. The molecule has 0 aliphatic heterocycles. The summed E-state index contributed by atoms with van der Waals surface area (Å²) in [7, 11) is 0. The van der Waals surface area contributed by atoms with Gasteiger partial charge in [0.2, 0.25) is 0 Å². The molecule has 0 bridgehead atoms. The SMILES string of the molecule is CSc1cccc(NCc2ccc(Cl)c(F)c2)c1. The van der Waals surface area contributed by atoms with E-state index in [-0.39, 0.29) is 10.8 Å². The normalized spacial score (nSPS) is 10.4. The fourth-order valence-electron chi connectivity index (χ4n) is 1.59. The molecule has 0 heterocycles. The molecule has 0 radical (unpaired) electrons. The van der Waals surface area contributed by atoms with Crippen molar-refractivity contribution in [3.05, 3.63) is 58.9 Å². The third kappa shape index (κ3) is 3.40. The van der Waals surface area contributed by atoms with Crippen LogP contribution >= 0.6 is 23.4 Å². The maximum absolute atomic E-state index is 13.3. The van der Waals surface area contributed by atoms with Crippen molar-refractivity contribution in [2.45, 2.75) is 11.4 Å². The summed E-state index contributed by atoms with van der Waals surface area (Å²) < 4.78 is 13.3. The second kappa shape index (κ2) is 6.12. The minimum absolute atomic E-state index is 0.156. The Morgan fingerprint density at radius 1 is 1.22 bits per heavy atom. The predicted octanol–water partition coefficient (Wildman–Crippen LogP) is 4.81. The third-order valence-corrected chi connectivity index (χ3v) is 3.58. The van der Waals surface area contributed by atoms with Gasteiger partial charge in [-0.3, -0.25) is 0 Å². The van der Waals surface area contributed by atoms with E-state index in [1.165, 1.54) is 11.0 Å². The van der Waals surface area contributed by atoms with Crippen molar-refractivity contribution >= 4 is 29.1 Å². The van der Waals surface area contributed by atoms with Crippen molar-refractivity contribution in [1.82, 2.24) is 0 Å². The van der Waals surface area contributed by atoms with Crippen LogP contribution in [0.5, 0.6) is 0 Å². The molecule has 2 rings (SSSR count). The Hall–Kier alpha value is -1.19. The second-order valence-corrected chi connectivity index (χ2v) is 5.12. The molecular weight excluding hydrogens is 269 g/mol. The number of benzene rings is 2. The van der Waals surface area contributed by atoms with Gasteiger partial charge < -0.3 is 5.32 Å². The number of rotatable bonds is 4. The van der Waals surface area contributed by atoms with Crippen LogP contribution in [0.25, 0.3) is 0 Å². The van der Waals surface area contributed by atoms with E-state index in [0.717, 1.165) is 11.3 Å². The Labute approximate surface area is 115 Å². The fourth-order valence-corrected chi connectivity index (χ4v) is 2.16. The smallest absolute Gasteiger partial charge is 0.142 e. The van der Waals surface area contributed by atoms with Crippen LogP contribution in [-0.2, 0) is 6.54 Å². The summed E-state index contributed by atoms with van der Waals surface area (Å²) in [6.07, 6.45) is 2.04. The number of hydrogen-bond acceptors (Lipinski definition) is 2. The summed E-state index contributed by atoms with van der Waals surface area (Å²) >= 11 is 7.33. The first-order valence-corrected chi connectivity index (χ1v) is 7.11. The highest BCUT2D eigenvalue weighted by atomic mass is 35.5. The van der Waals surface area contributed by atoms with E-state index in [1.54, 1.807) is 17.8 Å². The Morgan fingerprint density at radius 2 is 2.06 bits per heavy atom. The van der Waals surface area contributed by atoms with Crippen molar-refractivity contribution in [2.75, 3.05) is 11.6 Å². The Morgan fingerprint density at radius 3 is 2.78 bits per heavy atom. The minimum atomic E-state index is -0.381. The topological polar surface area (TPSA) is 12.0 Å². The number of nitrogens with one attached hydrogen (secondary N) is 1. The summed E-state index contributed by atoms with van der Waals surface area (Å²) in [4.78, 5) is 1.20. The number of halogens is 2. The summed E-state index contributed by atoms with van der Waals surface area (Å²) in [6, 6.07) is 13.0. The molecular formula is C14H13ClFNS. The van der Waals surface area contributed by atoms with Gasteiger partial charge in [0.1, 0.15) is 5.82 Å². The van der Waals surface area contributed by atoms with Gasteiger partial charge in [0.25, 0.3) is 0 Å². The maximum atomic E-state index is 13.3. The highest BCUT2D eigenvalue weighted by molar-refractivity contribution is 7.98. The summed E-state index contributed by atoms with van der Waals surface area (Å²) in [5.74, 6) is -0.381. The molecule has 2 aromatic rings. The van der Waals surface area contributed by atoms with Gasteiger partial charge in [0.15, 0.2) is 0 Å². The minimum Gasteiger partial charge on any atom is -0.381 e. The standard InChI is InChI=1S/C14H13ClFNS/c1-18-12-4-2-3-11(8-12)17-9-10-5-6-13(15)14(16)7-10/h2-8,17H,9H2,1H3. The molecule has 0 fully saturated rings. The molecule has 0 spiro atoms. The summed E-state index contributed by atoms with van der Waals surface area (Å²) in [5, 5.41) is 3.41. The first-order chi connectivity index (χ1) is 8.69. The molecule has 0 amide bonds. The van der Waals surface area contributed by atoms with E-state index in [9.17, 15) is 4.39 Å². The Bertz CT molecular complexity index is 545. The molecule has 18 heavy (non-hydrogen) atoms. The van der Waals surface area contributed by atoms with E-state index < -0.39 is 0 Å². The lowest BCUT2D eigenvalue weighted by Crippen LogP contribution is -1.99. The van der Waals surface area contributed by atoms with Crippen LogP contribution in [-0.4, -0.2) is 6.26 Å². The zero-order chi connectivity index (χ0) is 13.0. The Balaban J connectivity index is 2.04. The van der Waals surface area contributed by atoms with E-state index in [0.29, 0.717) is 6.54 Å². The maximum Gasteiger partial charge on any atom is 0.142 e. The lowest BCUT2D eigenvalue weighted by atomic mass is 10.2. The lowest BCUT2D eigenvalue weighted by Gasteiger charge is -2.08. The molecule has 1 N–H and O–H groups in total. The molecule has 0 aliphatic carbocycles. The molecule has 0 saturated heterocycles. The first-order valence-electron chi connectivity index (χ1n) is 5.51. The van der Waals surface area contributed by atoms with Gasteiger partial charge in [-0.2, -0.15) is 0 Å². The zero-order valence-electron chi connectivity index (χ0n) is 9.91. The van der Waals surface area contributed by atoms with Gasteiger partial charge in [-0.25, -0.2) is 4.39 Å². The molecule has 1 nitrogen and oxygen atoms in total. The average Bonchev–Trinajstić information content (AvgIpc) is 2.40. The lowest BCUT2D eigenvalue weighted by molar-refractivity contribution is 0.626. The Kier molecular flexibility index (Phi) is 4.50. The van der Waals surface area contributed by atoms with Crippen molar-refractivity contribution in [3.63, 3.8) is 0 Å². The number of anilines is 1. The molecule has 0 unspecified atom stereocenters. The predicted molar refractivity (Wildman–Crippen MR) is 77.0 cm³/mol. The van der Waals surface area contributed by atoms with Crippen molar-refractivity contribution in [2.24, 2.45) is 0 Å². The zero-order valence-corrected chi connectivity index (χ0v) is 11.5. The highest BCUT2D eigenvalue weighted by Gasteiger charge is 2.01. The average molecular weight is 282 g/mol. The molecule has 94 valence electrons. The number of thioether (sulfide) groups is 1. The van der Waals surface area contributed by atoms with Gasteiger partial charge in [0, 0.05) is 17.1 Å². The monoisotopic (exact) mass is 281 g/mol. The molecule has 0 saturated carbocycles. The molecule has 2 aromatic carbocycles. The van der Waals surface area contributed by atoms with Gasteiger partial charge in [-0.15, -0.1) is 11.8 Å². The first kappa shape index (κ1) is 13.2. The van der Waals surface area contributed by atoms with Gasteiger partial charge in [-0.1, -0.05) is 23.7 Å². The van der Waals surface area contributed by atoms with Crippen molar-refractivity contribution in [3.8, 4) is 0 Å². The quantitative estimate of drug-likeness (QED) is 0.807. The van der Waals surface area contributed by atoms with Crippen molar-refractivity contribution < 1.29 is 4.39 Å². The van der Waals surface area contributed by atoms with Crippen LogP contribution in [0, 0.1) is 5.82 Å². The van der Waals surface area contributed by atoms with E-state index in [1.807, 2.05) is 24.5 Å². The van der Waals surface area contributed by atoms with Crippen LogP contribution in [0.1, 0.15) is 5.56 Å². The van der Waals surface area contributed by atoms with Gasteiger partial charge in [-0.05, 0) is 42.2 Å². The third-order valence-electron chi connectivity index (χ3n) is 2.55. The van der Waals surface area contributed by atoms with Crippen LogP contribution < -0.4 is 5.32 Å². The number of hydrogen-bond donors (Lipinski definition) is 1. The van der Waals surface area contributed by atoms with Gasteiger partial charge >= 0.3 is 0 Å². The van der Waals surface area contributed by atoms with Crippen molar-refractivity contribution in [1.29, 1.82) is 0 Å². The van der Waals surface area contributed by atoms with E-state index >= 15 is 0 Å². The molecule has 0 aliphatic rings.